The zero-order chi connectivity index (χ0) is 33.0. The molecule has 5 rings (SSSR count). The van der Waals surface area contributed by atoms with E-state index in [1.165, 1.54) is 71.1 Å². The van der Waals surface area contributed by atoms with Gasteiger partial charge in [0, 0.05) is 11.4 Å². The summed E-state index contributed by atoms with van der Waals surface area (Å²) in [5.74, 6) is -6.77. The molecule has 0 saturated heterocycles. The number of fused-ring (bicyclic) bond motifs is 5. The number of alkyl halides is 6. The molecular formula is C36H52F6N2O. The maximum Gasteiger partial charge on any atom is 0.470 e. The normalized spacial score (nSPS) is 34.9. The van der Waals surface area contributed by atoms with Crippen molar-refractivity contribution >= 4 is 11.4 Å². The van der Waals surface area contributed by atoms with Crippen molar-refractivity contribution in [3.8, 4) is 0 Å². The van der Waals surface area contributed by atoms with Crippen LogP contribution in [0.25, 0.3) is 0 Å². The van der Waals surface area contributed by atoms with Gasteiger partial charge in [0.15, 0.2) is 0 Å². The average molecular weight is 643 g/mol. The summed E-state index contributed by atoms with van der Waals surface area (Å²) in [4.78, 5) is 0. The number of hydrogen-bond donors (Lipinski definition) is 2. The van der Waals surface area contributed by atoms with Crippen LogP contribution in [-0.4, -0.2) is 12.0 Å². The van der Waals surface area contributed by atoms with Crippen LogP contribution in [0.1, 0.15) is 117 Å². The SMILES string of the molecule is CC(=COC(F)(F)C(F)(F)C(F)(F)c1ccc(N)cc1N)CCC[C@@H](C)[C@H]1CC[C@H]2[C@@H]3CCC4CCCC[C@]4(C)[C@H]3CC[C@]12C. The van der Waals surface area contributed by atoms with Gasteiger partial charge in [0.2, 0.25) is 0 Å². The van der Waals surface area contributed by atoms with E-state index >= 15 is 0 Å². The van der Waals surface area contributed by atoms with Gasteiger partial charge in [-0.15, -0.1) is 0 Å². The van der Waals surface area contributed by atoms with Crippen molar-refractivity contribution in [2.45, 2.75) is 129 Å². The van der Waals surface area contributed by atoms with E-state index in [2.05, 4.69) is 25.5 Å². The van der Waals surface area contributed by atoms with Crippen molar-refractivity contribution in [1.82, 2.24) is 0 Å². The van der Waals surface area contributed by atoms with Gasteiger partial charge in [0.25, 0.3) is 0 Å². The maximum absolute atomic E-state index is 14.7. The predicted octanol–water partition coefficient (Wildman–Crippen LogP) is 10.9. The number of halogens is 6. The molecule has 0 radical (unpaired) electrons. The first-order valence-electron chi connectivity index (χ1n) is 17.1. The van der Waals surface area contributed by atoms with Crippen molar-refractivity contribution < 1.29 is 31.1 Å². The van der Waals surface area contributed by atoms with Gasteiger partial charge in [-0.2, -0.15) is 26.3 Å². The van der Waals surface area contributed by atoms with Gasteiger partial charge in [0.05, 0.1) is 11.8 Å². The lowest BCUT2D eigenvalue weighted by molar-refractivity contribution is -0.388. The molecule has 1 aromatic rings. The fourth-order valence-corrected chi connectivity index (χ4v) is 10.7. The first kappa shape index (κ1) is 34.3. The van der Waals surface area contributed by atoms with E-state index in [0.717, 1.165) is 42.2 Å². The van der Waals surface area contributed by atoms with Gasteiger partial charge in [-0.25, -0.2) is 0 Å². The summed E-state index contributed by atoms with van der Waals surface area (Å²) in [6, 6.07) is 2.25. The Hall–Kier alpha value is -2.06. The Labute approximate surface area is 264 Å². The standard InChI is InChI=1S/C36H52F6N2O/c1-22(21-45-36(41,42)35(39,40)34(37,38)30-14-12-25(43)20-31(30)44)8-7-9-23(2)27-15-16-28-26-13-11-24-10-5-6-18-32(24,3)29(26)17-19-33(27,28)4/h12,14,20-21,23-24,26-29H,5-11,13,15-19,43-44H2,1-4H3/t23-,24?,26+,27-,28+,29+,32+,33-/m1/s1. The van der Waals surface area contributed by atoms with Crippen LogP contribution in [0, 0.1) is 46.3 Å². The number of nitrogen functional groups attached to an aromatic ring is 2. The van der Waals surface area contributed by atoms with E-state index < -0.39 is 29.2 Å². The summed E-state index contributed by atoms with van der Waals surface area (Å²) >= 11 is 0. The number of benzene rings is 1. The van der Waals surface area contributed by atoms with E-state index in [0.29, 0.717) is 53.4 Å². The second-order valence-electron chi connectivity index (χ2n) is 15.6. The molecule has 8 atom stereocenters. The Kier molecular flexibility index (Phi) is 9.29. The first-order valence-corrected chi connectivity index (χ1v) is 17.1. The minimum atomic E-state index is -5.86. The van der Waals surface area contributed by atoms with Gasteiger partial charge >= 0.3 is 18.0 Å². The van der Waals surface area contributed by atoms with Crippen LogP contribution in [0.3, 0.4) is 0 Å². The number of allylic oxidation sites excluding steroid dienone is 1. The molecule has 4 aliphatic carbocycles. The lowest BCUT2D eigenvalue weighted by Crippen LogP contribution is -2.53. The van der Waals surface area contributed by atoms with E-state index in [1.807, 2.05) is 0 Å². The highest BCUT2D eigenvalue weighted by atomic mass is 19.3. The minimum absolute atomic E-state index is 0.0588. The molecule has 0 amide bonds. The highest BCUT2D eigenvalue weighted by Crippen LogP contribution is 2.68. The number of nitrogens with two attached hydrogens (primary N) is 2. The van der Waals surface area contributed by atoms with Crippen molar-refractivity contribution in [3.05, 3.63) is 35.6 Å². The quantitative estimate of drug-likeness (QED) is 0.152. The Balaban J connectivity index is 1.16. The summed E-state index contributed by atoms with van der Waals surface area (Å²) in [6.07, 6.45) is 10.4. The lowest BCUT2D eigenvalue weighted by Gasteiger charge is -2.61. The molecule has 4 saturated carbocycles. The zero-order valence-corrected chi connectivity index (χ0v) is 27.3. The smallest absolute Gasteiger partial charge is 0.436 e. The largest absolute Gasteiger partial charge is 0.470 e. The van der Waals surface area contributed by atoms with Crippen LogP contribution >= 0.6 is 0 Å². The Morgan fingerprint density at radius 3 is 2.36 bits per heavy atom. The summed E-state index contributed by atoms with van der Waals surface area (Å²) in [7, 11) is 0. The maximum atomic E-state index is 14.7. The minimum Gasteiger partial charge on any atom is -0.436 e. The van der Waals surface area contributed by atoms with E-state index in [-0.39, 0.29) is 5.69 Å². The molecule has 45 heavy (non-hydrogen) atoms. The van der Waals surface area contributed by atoms with Crippen LogP contribution in [0.4, 0.5) is 37.7 Å². The van der Waals surface area contributed by atoms with Crippen molar-refractivity contribution in [2.75, 3.05) is 11.5 Å². The molecule has 4 fully saturated rings. The molecule has 1 unspecified atom stereocenters. The van der Waals surface area contributed by atoms with Gasteiger partial charge in [0.1, 0.15) is 0 Å². The molecule has 4 aliphatic rings. The number of rotatable bonds is 10. The molecule has 3 nitrogen and oxygen atoms in total. The molecule has 4 N–H and O–H groups in total. The Bertz CT molecular complexity index is 1250. The van der Waals surface area contributed by atoms with Gasteiger partial charge in [-0.1, -0.05) is 40.0 Å². The first-order chi connectivity index (χ1) is 21.0. The second-order valence-corrected chi connectivity index (χ2v) is 15.6. The molecule has 0 aliphatic heterocycles. The number of anilines is 2. The fourth-order valence-electron chi connectivity index (χ4n) is 10.7. The fraction of sp³-hybridized carbons (Fsp3) is 0.778. The summed E-state index contributed by atoms with van der Waals surface area (Å²) in [5.41, 5.74) is 9.65. The van der Waals surface area contributed by atoms with E-state index in [9.17, 15) is 26.3 Å². The van der Waals surface area contributed by atoms with Crippen LogP contribution in [0.15, 0.2) is 30.0 Å². The van der Waals surface area contributed by atoms with Gasteiger partial charge in [-0.05, 0) is 141 Å². The average Bonchev–Trinajstić information content (AvgIpc) is 3.32. The lowest BCUT2D eigenvalue weighted by atomic mass is 9.44. The summed E-state index contributed by atoms with van der Waals surface area (Å²) in [6.45, 7) is 8.90. The summed E-state index contributed by atoms with van der Waals surface area (Å²) < 4.78 is 91.5. The van der Waals surface area contributed by atoms with Crippen molar-refractivity contribution in [1.29, 1.82) is 0 Å². The van der Waals surface area contributed by atoms with Gasteiger partial charge in [-0.3, -0.25) is 0 Å². The third-order valence-electron chi connectivity index (χ3n) is 13.2. The monoisotopic (exact) mass is 642 g/mol. The molecular weight excluding hydrogens is 590 g/mol. The van der Waals surface area contributed by atoms with E-state index in [1.54, 1.807) is 0 Å². The van der Waals surface area contributed by atoms with Crippen molar-refractivity contribution in [3.63, 3.8) is 0 Å². The zero-order valence-electron chi connectivity index (χ0n) is 27.3. The Morgan fingerprint density at radius 1 is 0.933 bits per heavy atom. The van der Waals surface area contributed by atoms with Crippen LogP contribution in [-0.2, 0) is 10.7 Å². The highest BCUT2D eigenvalue weighted by Gasteiger charge is 2.75. The third kappa shape index (κ3) is 5.85. The molecule has 0 spiro atoms. The Morgan fingerprint density at radius 2 is 1.64 bits per heavy atom. The third-order valence-corrected chi connectivity index (χ3v) is 13.2. The second kappa shape index (κ2) is 12.2. The van der Waals surface area contributed by atoms with Gasteiger partial charge < -0.3 is 16.2 Å². The molecule has 1 aromatic carbocycles. The highest BCUT2D eigenvalue weighted by molar-refractivity contribution is 5.58. The molecule has 254 valence electrons. The predicted molar refractivity (Wildman–Crippen MR) is 167 cm³/mol. The molecule has 0 bridgehead atoms. The van der Waals surface area contributed by atoms with Crippen molar-refractivity contribution in [2.24, 2.45) is 46.3 Å². The van der Waals surface area contributed by atoms with Crippen LogP contribution in [0.5, 0.6) is 0 Å². The molecule has 9 heteroatoms. The van der Waals surface area contributed by atoms with Crippen LogP contribution in [0.2, 0.25) is 0 Å². The van der Waals surface area contributed by atoms with Crippen LogP contribution < -0.4 is 11.5 Å². The number of hydrogen-bond acceptors (Lipinski definition) is 3. The number of ether oxygens (including phenoxy) is 1. The molecule has 0 aromatic heterocycles. The molecule has 0 heterocycles. The topological polar surface area (TPSA) is 61.3 Å². The summed E-state index contributed by atoms with van der Waals surface area (Å²) in [5, 5.41) is 0. The van der Waals surface area contributed by atoms with E-state index in [4.69, 9.17) is 11.5 Å².